The van der Waals surface area contributed by atoms with Crippen LogP contribution in [0.2, 0.25) is 5.02 Å². The molecule has 3 rings (SSSR count). The van der Waals surface area contributed by atoms with Crippen molar-refractivity contribution in [1.29, 1.82) is 0 Å². The number of hydrogen-bond donors (Lipinski definition) is 2. The molecule has 0 saturated carbocycles. The smallest absolute Gasteiger partial charge is 0.270 e. The van der Waals surface area contributed by atoms with E-state index in [1.54, 1.807) is 0 Å². The number of amides is 2. The normalized spacial score (nSPS) is 16.2. The zero-order chi connectivity index (χ0) is 21.7. The number of nitrogens with one attached hydrogen (secondary N) is 2. The monoisotopic (exact) mass is 432 g/mol. The van der Waals surface area contributed by atoms with Crippen LogP contribution in [0.4, 0.5) is 0 Å². The first-order chi connectivity index (χ1) is 14.4. The van der Waals surface area contributed by atoms with Crippen molar-refractivity contribution in [1.82, 2.24) is 20.1 Å². The Hall–Kier alpha value is -2.05. The highest BCUT2D eigenvalue weighted by Crippen LogP contribution is 2.27. The standard InChI is InChI=1S/C23H33ClN4O2/c1-4-27(5-2)13-10-25-22(29)16(3)17-8-11-28(12-9-17)23(30)21-15-18-14-19(24)6-7-20(18)26-21/h6-7,14-17,26H,4-5,8-13H2,1-3H3,(H,25,29)/t16-/m0/s1. The fourth-order valence-electron chi connectivity index (χ4n) is 4.24. The van der Waals surface area contributed by atoms with Crippen LogP contribution in [-0.4, -0.2) is 65.9 Å². The average molecular weight is 433 g/mol. The third-order valence-electron chi connectivity index (χ3n) is 6.38. The molecule has 2 aromatic rings. The van der Waals surface area contributed by atoms with Crippen LogP contribution in [0.25, 0.3) is 10.9 Å². The molecule has 7 heteroatoms. The molecule has 2 heterocycles. The number of rotatable bonds is 8. The lowest BCUT2D eigenvalue weighted by Crippen LogP contribution is -2.43. The highest BCUT2D eigenvalue weighted by molar-refractivity contribution is 6.31. The molecule has 1 aromatic heterocycles. The highest BCUT2D eigenvalue weighted by Gasteiger charge is 2.30. The second-order valence-electron chi connectivity index (χ2n) is 8.15. The molecule has 1 atom stereocenters. The summed E-state index contributed by atoms with van der Waals surface area (Å²) in [6, 6.07) is 7.42. The number of carbonyl (C=O) groups excluding carboxylic acids is 2. The first kappa shape index (κ1) is 22.6. The largest absolute Gasteiger partial charge is 0.355 e. The molecule has 0 aliphatic carbocycles. The van der Waals surface area contributed by atoms with Crippen molar-refractivity contribution < 1.29 is 9.59 Å². The summed E-state index contributed by atoms with van der Waals surface area (Å²) in [5.41, 5.74) is 1.50. The molecule has 0 radical (unpaired) electrons. The van der Waals surface area contributed by atoms with E-state index in [1.807, 2.05) is 36.1 Å². The van der Waals surface area contributed by atoms with Crippen LogP contribution < -0.4 is 5.32 Å². The van der Waals surface area contributed by atoms with E-state index in [0.29, 0.717) is 36.3 Å². The summed E-state index contributed by atoms with van der Waals surface area (Å²) in [6.07, 6.45) is 1.70. The highest BCUT2D eigenvalue weighted by atomic mass is 35.5. The minimum atomic E-state index is -0.0332. The molecule has 0 bridgehead atoms. The van der Waals surface area contributed by atoms with Gasteiger partial charge in [-0.2, -0.15) is 0 Å². The van der Waals surface area contributed by atoms with Crippen LogP contribution >= 0.6 is 11.6 Å². The van der Waals surface area contributed by atoms with E-state index in [-0.39, 0.29) is 17.7 Å². The van der Waals surface area contributed by atoms with E-state index in [9.17, 15) is 9.59 Å². The average Bonchev–Trinajstić information content (AvgIpc) is 3.19. The van der Waals surface area contributed by atoms with Crippen molar-refractivity contribution in [3.63, 3.8) is 0 Å². The van der Waals surface area contributed by atoms with E-state index in [2.05, 4.69) is 29.0 Å². The molecule has 2 amide bonds. The molecular weight excluding hydrogens is 400 g/mol. The summed E-state index contributed by atoms with van der Waals surface area (Å²) in [5, 5.41) is 4.68. The van der Waals surface area contributed by atoms with Crippen LogP contribution in [0.15, 0.2) is 24.3 Å². The second kappa shape index (κ2) is 10.3. The second-order valence-corrected chi connectivity index (χ2v) is 8.59. The molecule has 2 N–H and O–H groups in total. The van der Waals surface area contributed by atoms with E-state index < -0.39 is 0 Å². The molecule has 30 heavy (non-hydrogen) atoms. The van der Waals surface area contributed by atoms with Crippen molar-refractivity contribution in [2.75, 3.05) is 39.3 Å². The van der Waals surface area contributed by atoms with E-state index in [4.69, 9.17) is 11.6 Å². The lowest BCUT2D eigenvalue weighted by atomic mass is 9.84. The number of hydrogen-bond acceptors (Lipinski definition) is 3. The van der Waals surface area contributed by atoms with Gasteiger partial charge >= 0.3 is 0 Å². The molecule has 1 aliphatic rings. The Kier molecular flexibility index (Phi) is 7.78. The number of aromatic amines is 1. The SMILES string of the molecule is CCN(CC)CCNC(=O)[C@@H](C)C1CCN(C(=O)c2cc3cc(Cl)ccc3[nH]2)CC1. The zero-order valence-electron chi connectivity index (χ0n) is 18.2. The van der Waals surface area contributed by atoms with Gasteiger partial charge in [-0.15, -0.1) is 0 Å². The van der Waals surface area contributed by atoms with Gasteiger partial charge in [0.25, 0.3) is 5.91 Å². The summed E-state index contributed by atoms with van der Waals surface area (Å²) in [7, 11) is 0. The van der Waals surface area contributed by atoms with E-state index >= 15 is 0 Å². The summed E-state index contributed by atoms with van der Waals surface area (Å²) < 4.78 is 0. The van der Waals surface area contributed by atoms with Crippen molar-refractivity contribution in [2.24, 2.45) is 11.8 Å². The summed E-state index contributed by atoms with van der Waals surface area (Å²) >= 11 is 6.04. The van der Waals surface area contributed by atoms with Gasteiger partial charge in [0.1, 0.15) is 5.69 Å². The Balaban J connectivity index is 1.49. The molecule has 1 aliphatic heterocycles. The van der Waals surface area contributed by atoms with Gasteiger partial charge in [0.15, 0.2) is 0 Å². The number of carbonyl (C=O) groups is 2. The minimum absolute atomic E-state index is 0.0112. The van der Waals surface area contributed by atoms with Gasteiger partial charge in [-0.05, 0) is 56.1 Å². The molecule has 1 fully saturated rings. The molecule has 1 saturated heterocycles. The van der Waals surface area contributed by atoms with E-state index in [1.165, 1.54) is 0 Å². The molecule has 1 aromatic carbocycles. The summed E-state index contributed by atoms with van der Waals surface area (Å²) in [5.74, 6) is 0.412. The lowest BCUT2D eigenvalue weighted by Gasteiger charge is -2.34. The Morgan fingerprint density at radius 3 is 2.60 bits per heavy atom. The number of likely N-dealkylation sites (N-methyl/N-ethyl adjacent to an activating group) is 1. The van der Waals surface area contributed by atoms with Gasteiger partial charge in [0, 0.05) is 48.0 Å². The molecule has 0 spiro atoms. The number of H-pyrrole nitrogens is 1. The predicted molar refractivity (Wildman–Crippen MR) is 122 cm³/mol. The van der Waals surface area contributed by atoms with Crippen molar-refractivity contribution in [3.8, 4) is 0 Å². The van der Waals surface area contributed by atoms with Crippen LogP contribution in [-0.2, 0) is 4.79 Å². The van der Waals surface area contributed by atoms with Gasteiger partial charge in [-0.3, -0.25) is 9.59 Å². The number of piperidine rings is 1. The topological polar surface area (TPSA) is 68.4 Å². The number of likely N-dealkylation sites (tertiary alicyclic amines) is 1. The Morgan fingerprint density at radius 2 is 1.93 bits per heavy atom. The van der Waals surface area contributed by atoms with Gasteiger partial charge in [0.2, 0.25) is 5.91 Å². The maximum absolute atomic E-state index is 12.9. The summed E-state index contributed by atoms with van der Waals surface area (Å²) in [6.45, 7) is 11.2. The third kappa shape index (κ3) is 5.35. The first-order valence-corrected chi connectivity index (χ1v) is 11.4. The molecule has 164 valence electrons. The van der Waals surface area contributed by atoms with Crippen LogP contribution in [0, 0.1) is 11.8 Å². The van der Waals surface area contributed by atoms with Crippen molar-refractivity contribution in [2.45, 2.75) is 33.6 Å². The number of fused-ring (bicyclic) bond motifs is 1. The fourth-order valence-corrected chi connectivity index (χ4v) is 4.42. The predicted octanol–water partition coefficient (Wildman–Crippen LogP) is 3.77. The van der Waals surface area contributed by atoms with Gasteiger partial charge < -0.3 is 20.1 Å². The number of benzene rings is 1. The van der Waals surface area contributed by atoms with E-state index in [0.717, 1.165) is 43.4 Å². The maximum atomic E-state index is 12.9. The van der Waals surface area contributed by atoms with Gasteiger partial charge in [-0.1, -0.05) is 32.4 Å². The fraction of sp³-hybridized carbons (Fsp3) is 0.565. The number of halogens is 1. The Labute approximate surface area is 183 Å². The molecule has 6 nitrogen and oxygen atoms in total. The van der Waals surface area contributed by atoms with Crippen molar-refractivity contribution in [3.05, 3.63) is 35.0 Å². The molecular formula is C23H33ClN4O2. The maximum Gasteiger partial charge on any atom is 0.270 e. The first-order valence-electron chi connectivity index (χ1n) is 11.0. The Morgan fingerprint density at radius 1 is 1.23 bits per heavy atom. The number of aromatic nitrogens is 1. The quantitative estimate of drug-likeness (QED) is 0.667. The zero-order valence-corrected chi connectivity index (χ0v) is 19.0. The van der Waals surface area contributed by atoms with Crippen LogP contribution in [0.3, 0.4) is 0 Å². The number of nitrogens with zero attached hydrogens (tertiary/aromatic N) is 2. The molecule has 0 unspecified atom stereocenters. The van der Waals surface area contributed by atoms with Crippen LogP contribution in [0.5, 0.6) is 0 Å². The lowest BCUT2D eigenvalue weighted by molar-refractivity contribution is -0.126. The third-order valence-corrected chi connectivity index (χ3v) is 6.62. The minimum Gasteiger partial charge on any atom is -0.355 e. The Bertz CT molecular complexity index is 869. The van der Waals surface area contributed by atoms with Crippen molar-refractivity contribution >= 4 is 34.3 Å². The van der Waals surface area contributed by atoms with Gasteiger partial charge in [0.05, 0.1) is 0 Å². The van der Waals surface area contributed by atoms with Crippen LogP contribution in [0.1, 0.15) is 44.1 Å². The van der Waals surface area contributed by atoms with Gasteiger partial charge in [-0.25, -0.2) is 0 Å². The summed E-state index contributed by atoms with van der Waals surface area (Å²) in [4.78, 5) is 32.8.